The smallest absolute Gasteiger partial charge is 0.0105 e. The minimum absolute atomic E-state index is 1.24. The topological polar surface area (TPSA) is 0 Å². The highest BCUT2D eigenvalue weighted by Crippen LogP contribution is 2.35. The lowest BCUT2D eigenvalue weighted by atomic mass is 9.93. The second-order valence-corrected chi connectivity index (χ2v) is 9.41. The van der Waals surface area contributed by atoms with E-state index in [1.54, 1.807) is 0 Å². The Morgan fingerprint density at radius 1 is 0.250 bits per heavy atom. The van der Waals surface area contributed by atoms with Crippen molar-refractivity contribution in [3.05, 3.63) is 146 Å². The summed E-state index contributed by atoms with van der Waals surface area (Å²) in [6.07, 6.45) is 0. The Bertz CT molecular complexity index is 1850. The van der Waals surface area contributed by atoms with E-state index in [9.17, 15) is 0 Å². The monoisotopic (exact) mass is 456 g/mol. The molecule has 0 aliphatic heterocycles. The van der Waals surface area contributed by atoms with E-state index in [0.717, 1.165) is 0 Å². The second kappa shape index (κ2) is 8.52. The standard InChI is InChI=1S/C36H24/c1-2-7-25(8-3-1)26-13-15-27(16-14-26)29-19-21-35-30(23-29)17-18-31-24-32(20-22-36(31)35)34-12-6-10-28-9-4-5-11-33(28)34/h1-24H. The van der Waals surface area contributed by atoms with Gasteiger partial charge in [0, 0.05) is 0 Å². The summed E-state index contributed by atoms with van der Waals surface area (Å²) in [4.78, 5) is 0. The molecule has 0 bridgehead atoms. The minimum Gasteiger partial charge on any atom is -0.0622 e. The van der Waals surface area contributed by atoms with Crippen LogP contribution in [0.25, 0.3) is 65.7 Å². The zero-order valence-electron chi connectivity index (χ0n) is 19.9. The molecule has 0 unspecified atom stereocenters. The summed E-state index contributed by atoms with van der Waals surface area (Å²) in [5.41, 5.74) is 7.51. The van der Waals surface area contributed by atoms with Crippen LogP contribution in [-0.2, 0) is 0 Å². The van der Waals surface area contributed by atoms with Gasteiger partial charge in [-0.05, 0) is 77.8 Å². The van der Waals surface area contributed by atoms with Crippen molar-refractivity contribution in [3.8, 4) is 33.4 Å². The van der Waals surface area contributed by atoms with Gasteiger partial charge in [0.2, 0.25) is 0 Å². The third kappa shape index (κ3) is 3.56. The highest BCUT2D eigenvalue weighted by atomic mass is 14.1. The van der Waals surface area contributed by atoms with Gasteiger partial charge in [0.1, 0.15) is 0 Å². The van der Waals surface area contributed by atoms with Crippen molar-refractivity contribution >= 4 is 32.3 Å². The van der Waals surface area contributed by atoms with E-state index in [4.69, 9.17) is 0 Å². The maximum absolute atomic E-state index is 2.33. The maximum atomic E-state index is 2.33. The molecule has 0 aliphatic rings. The third-order valence-electron chi connectivity index (χ3n) is 7.26. The van der Waals surface area contributed by atoms with Gasteiger partial charge in [0.05, 0.1) is 0 Å². The van der Waals surface area contributed by atoms with Crippen molar-refractivity contribution in [2.75, 3.05) is 0 Å². The van der Waals surface area contributed by atoms with Crippen molar-refractivity contribution in [1.82, 2.24) is 0 Å². The molecule has 0 saturated carbocycles. The largest absolute Gasteiger partial charge is 0.0622 e. The number of rotatable bonds is 3. The molecule has 7 rings (SSSR count). The van der Waals surface area contributed by atoms with Crippen LogP contribution in [0.1, 0.15) is 0 Å². The Morgan fingerprint density at radius 3 is 1.53 bits per heavy atom. The zero-order chi connectivity index (χ0) is 23.9. The van der Waals surface area contributed by atoms with E-state index in [-0.39, 0.29) is 0 Å². The molecular formula is C36H24. The van der Waals surface area contributed by atoms with E-state index < -0.39 is 0 Å². The molecule has 0 amide bonds. The van der Waals surface area contributed by atoms with Crippen molar-refractivity contribution in [2.24, 2.45) is 0 Å². The molecule has 0 spiro atoms. The van der Waals surface area contributed by atoms with Crippen LogP contribution in [-0.4, -0.2) is 0 Å². The van der Waals surface area contributed by atoms with Crippen LogP contribution < -0.4 is 0 Å². The molecule has 0 aromatic heterocycles. The third-order valence-corrected chi connectivity index (χ3v) is 7.26. The summed E-state index contributed by atoms with van der Waals surface area (Å²) in [6, 6.07) is 52.8. The average Bonchev–Trinajstić information content (AvgIpc) is 2.97. The molecule has 0 nitrogen and oxygen atoms in total. The molecule has 0 fully saturated rings. The van der Waals surface area contributed by atoms with Crippen LogP contribution in [0, 0.1) is 0 Å². The minimum atomic E-state index is 1.24. The number of hydrogen-bond acceptors (Lipinski definition) is 0. The van der Waals surface area contributed by atoms with Gasteiger partial charge in [-0.3, -0.25) is 0 Å². The van der Waals surface area contributed by atoms with Crippen LogP contribution in [0.4, 0.5) is 0 Å². The van der Waals surface area contributed by atoms with Gasteiger partial charge in [-0.15, -0.1) is 0 Å². The number of benzene rings is 7. The Hall–Kier alpha value is -4.68. The van der Waals surface area contributed by atoms with E-state index >= 15 is 0 Å². The van der Waals surface area contributed by atoms with Crippen LogP contribution in [0.3, 0.4) is 0 Å². The molecule has 0 heteroatoms. The lowest BCUT2D eigenvalue weighted by Gasteiger charge is -2.11. The van der Waals surface area contributed by atoms with E-state index in [1.807, 2.05) is 0 Å². The first-order chi connectivity index (χ1) is 17.8. The van der Waals surface area contributed by atoms with Gasteiger partial charge in [0.15, 0.2) is 0 Å². The highest BCUT2D eigenvalue weighted by Gasteiger charge is 2.08. The summed E-state index contributed by atoms with van der Waals surface area (Å²) in [6.45, 7) is 0. The number of hydrogen-bond donors (Lipinski definition) is 0. The molecule has 0 radical (unpaired) electrons. The van der Waals surface area contributed by atoms with Gasteiger partial charge >= 0.3 is 0 Å². The predicted octanol–water partition coefficient (Wildman–Crippen LogP) is 10.1. The quantitative estimate of drug-likeness (QED) is 0.232. The molecule has 0 N–H and O–H groups in total. The van der Waals surface area contributed by atoms with Crippen LogP contribution in [0.5, 0.6) is 0 Å². The fourth-order valence-electron chi connectivity index (χ4n) is 5.38. The first kappa shape index (κ1) is 20.7. The molecular weight excluding hydrogens is 432 g/mol. The fraction of sp³-hybridized carbons (Fsp3) is 0. The summed E-state index contributed by atoms with van der Waals surface area (Å²) in [7, 11) is 0. The highest BCUT2D eigenvalue weighted by molar-refractivity contribution is 6.10. The van der Waals surface area contributed by atoms with Gasteiger partial charge in [0.25, 0.3) is 0 Å². The Labute approximate surface area is 211 Å². The van der Waals surface area contributed by atoms with Crippen molar-refractivity contribution < 1.29 is 0 Å². The van der Waals surface area contributed by atoms with Crippen molar-refractivity contribution in [2.45, 2.75) is 0 Å². The van der Waals surface area contributed by atoms with Crippen LogP contribution in [0.2, 0.25) is 0 Å². The summed E-state index contributed by atoms with van der Waals surface area (Å²) >= 11 is 0. The molecule has 0 atom stereocenters. The molecule has 0 heterocycles. The SMILES string of the molecule is c1ccc(-c2ccc(-c3ccc4c(ccc5cc(-c6cccc7ccccc67)ccc54)c3)cc2)cc1. The first-order valence-electron chi connectivity index (χ1n) is 12.4. The molecule has 7 aromatic rings. The molecule has 0 aliphatic carbocycles. The average molecular weight is 457 g/mol. The molecule has 36 heavy (non-hydrogen) atoms. The predicted molar refractivity (Wildman–Crippen MR) is 155 cm³/mol. The second-order valence-electron chi connectivity index (χ2n) is 9.41. The fourth-order valence-corrected chi connectivity index (χ4v) is 5.38. The summed E-state index contributed by atoms with van der Waals surface area (Å²) in [5, 5.41) is 7.70. The first-order valence-corrected chi connectivity index (χ1v) is 12.4. The van der Waals surface area contributed by atoms with Gasteiger partial charge in [-0.1, -0.05) is 133 Å². The van der Waals surface area contributed by atoms with E-state index in [2.05, 4.69) is 146 Å². The van der Waals surface area contributed by atoms with Crippen molar-refractivity contribution in [3.63, 3.8) is 0 Å². The van der Waals surface area contributed by atoms with Crippen LogP contribution in [0.15, 0.2) is 146 Å². The Kier molecular flexibility index (Phi) is 4.89. The van der Waals surface area contributed by atoms with Gasteiger partial charge in [-0.25, -0.2) is 0 Å². The summed E-state index contributed by atoms with van der Waals surface area (Å²) in [5.74, 6) is 0. The van der Waals surface area contributed by atoms with Gasteiger partial charge < -0.3 is 0 Å². The van der Waals surface area contributed by atoms with Crippen LogP contribution >= 0.6 is 0 Å². The molecule has 7 aromatic carbocycles. The summed E-state index contributed by atoms with van der Waals surface area (Å²) < 4.78 is 0. The maximum Gasteiger partial charge on any atom is -0.0105 e. The van der Waals surface area contributed by atoms with E-state index in [0.29, 0.717) is 0 Å². The Balaban J connectivity index is 1.27. The van der Waals surface area contributed by atoms with E-state index in [1.165, 1.54) is 65.7 Å². The molecule has 0 saturated heterocycles. The lowest BCUT2D eigenvalue weighted by molar-refractivity contribution is 1.60. The lowest BCUT2D eigenvalue weighted by Crippen LogP contribution is -1.85. The Morgan fingerprint density at radius 2 is 0.778 bits per heavy atom. The zero-order valence-corrected chi connectivity index (χ0v) is 19.9. The molecule has 168 valence electrons. The van der Waals surface area contributed by atoms with Crippen molar-refractivity contribution in [1.29, 1.82) is 0 Å². The van der Waals surface area contributed by atoms with Gasteiger partial charge in [-0.2, -0.15) is 0 Å². The number of fused-ring (bicyclic) bond motifs is 4. The normalized spacial score (nSPS) is 11.3.